The van der Waals surface area contributed by atoms with E-state index in [0.29, 0.717) is 22.2 Å². The van der Waals surface area contributed by atoms with Crippen molar-refractivity contribution in [2.24, 2.45) is 0 Å². The average Bonchev–Trinajstić information content (AvgIpc) is 3.03. The van der Waals surface area contributed by atoms with E-state index in [4.69, 9.17) is 4.42 Å². The number of hydrogen-bond donors (Lipinski definition) is 0. The fourth-order valence-corrected chi connectivity index (χ4v) is 4.50. The van der Waals surface area contributed by atoms with Gasteiger partial charge in [-0.25, -0.2) is 0 Å². The molecule has 0 radical (unpaired) electrons. The second kappa shape index (κ2) is 7.22. The van der Waals surface area contributed by atoms with E-state index in [1.54, 1.807) is 23.1 Å². The van der Waals surface area contributed by atoms with E-state index < -0.39 is 6.04 Å². The molecule has 1 aliphatic rings. The molecule has 0 N–H and O–H groups in total. The van der Waals surface area contributed by atoms with Gasteiger partial charge < -0.3 is 4.42 Å². The lowest BCUT2D eigenvalue weighted by Crippen LogP contribution is -2.29. The second-order valence-electron chi connectivity index (χ2n) is 7.28. The zero-order valence-electron chi connectivity index (χ0n) is 15.9. The second-order valence-corrected chi connectivity index (χ2v) is 9.11. The third kappa shape index (κ3) is 3.02. The van der Waals surface area contributed by atoms with E-state index in [2.05, 4.69) is 31.9 Å². The van der Waals surface area contributed by atoms with Crippen molar-refractivity contribution < 1.29 is 9.21 Å². The van der Waals surface area contributed by atoms with Crippen molar-refractivity contribution in [3.05, 3.63) is 108 Å². The van der Waals surface area contributed by atoms with Gasteiger partial charge in [-0.1, -0.05) is 61.7 Å². The summed E-state index contributed by atoms with van der Waals surface area (Å²) in [5.41, 5.74) is 3.24. The van der Waals surface area contributed by atoms with Crippen molar-refractivity contribution >= 4 is 54.4 Å². The normalized spacial score (nSPS) is 15.6. The number of nitrogens with zero attached hydrogens (tertiary/aromatic N) is 1. The van der Waals surface area contributed by atoms with E-state index in [9.17, 15) is 9.59 Å². The van der Waals surface area contributed by atoms with Crippen molar-refractivity contribution in [2.75, 3.05) is 4.90 Å². The Bertz CT molecular complexity index is 1360. The summed E-state index contributed by atoms with van der Waals surface area (Å²) in [5, 5.41) is 0.450. The summed E-state index contributed by atoms with van der Waals surface area (Å²) in [7, 11) is 0. The highest BCUT2D eigenvalue weighted by Gasteiger charge is 2.43. The van der Waals surface area contributed by atoms with Gasteiger partial charge in [0, 0.05) is 14.6 Å². The molecule has 6 heteroatoms. The molecule has 4 nitrogen and oxygen atoms in total. The molecule has 0 saturated heterocycles. The first-order valence-corrected chi connectivity index (χ1v) is 10.9. The van der Waals surface area contributed by atoms with Gasteiger partial charge in [-0.2, -0.15) is 0 Å². The summed E-state index contributed by atoms with van der Waals surface area (Å²) in [6, 6.07) is 20.0. The fourth-order valence-electron chi connectivity index (χ4n) is 3.88. The van der Waals surface area contributed by atoms with Gasteiger partial charge >= 0.3 is 0 Å². The van der Waals surface area contributed by atoms with Crippen molar-refractivity contribution in [1.82, 2.24) is 0 Å². The number of anilines is 1. The smallest absolute Gasteiger partial charge is 0.295 e. The quantitative estimate of drug-likeness (QED) is 0.306. The van der Waals surface area contributed by atoms with Gasteiger partial charge in [-0.15, -0.1) is 0 Å². The summed E-state index contributed by atoms with van der Waals surface area (Å²) in [6.45, 7) is 2.00. The molecule has 3 aromatic carbocycles. The molecular weight excluding hydrogens is 510 g/mol. The Hall–Kier alpha value is -2.70. The van der Waals surface area contributed by atoms with E-state index in [0.717, 1.165) is 20.1 Å². The van der Waals surface area contributed by atoms with Crippen LogP contribution in [-0.4, -0.2) is 5.91 Å². The van der Waals surface area contributed by atoms with Crippen LogP contribution >= 0.6 is 31.9 Å². The number of rotatable bonds is 2. The van der Waals surface area contributed by atoms with Crippen molar-refractivity contribution in [3.8, 4) is 0 Å². The van der Waals surface area contributed by atoms with Crippen LogP contribution in [0, 0.1) is 6.92 Å². The highest BCUT2D eigenvalue weighted by Crippen LogP contribution is 2.41. The van der Waals surface area contributed by atoms with Crippen molar-refractivity contribution in [1.29, 1.82) is 0 Å². The molecule has 0 aliphatic carbocycles. The summed E-state index contributed by atoms with van der Waals surface area (Å²) in [6.07, 6.45) is 0. The number of halogens is 2. The molecule has 0 spiro atoms. The molecule has 0 saturated carbocycles. The average molecular weight is 525 g/mol. The molecule has 1 unspecified atom stereocenters. The molecular formula is C24H15Br2NO3. The Morgan fingerprint density at radius 2 is 1.53 bits per heavy atom. The minimum absolute atomic E-state index is 0.100. The Labute approximate surface area is 189 Å². The molecule has 1 aliphatic heterocycles. The van der Waals surface area contributed by atoms with Gasteiger partial charge in [0.05, 0.1) is 17.0 Å². The number of amides is 1. The Balaban J connectivity index is 1.81. The Kier molecular flexibility index (Phi) is 4.64. The first-order chi connectivity index (χ1) is 14.4. The van der Waals surface area contributed by atoms with E-state index in [1.807, 2.05) is 55.5 Å². The van der Waals surface area contributed by atoms with Crippen LogP contribution in [0.3, 0.4) is 0 Å². The first kappa shape index (κ1) is 19.3. The van der Waals surface area contributed by atoms with Gasteiger partial charge in [0.1, 0.15) is 5.58 Å². The van der Waals surface area contributed by atoms with Gasteiger partial charge in [-0.05, 0) is 55.0 Å². The number of benzene rings is 3. The maximum atomic E-state index is 13.5. The van der Waals surface area contributed by atoms with E-state index in [1.165, 1.54) is 0 Å². The predicted octanol–water partition coefficient (Wildman–Crippen LogP) is 6.38. The monoisotopic (exact) mass is 523 g/mol. The van der Waals surface area contributed by atoms with Crippen LogP contribution in [0.5, 0.6) is 0 Å². The van der Waals surface area contributed by atoms with E-state index in [-0.39, 0.29) is 17.1 Å². The maximum absolute atomic E-state index is 13.5. The van der Waals surface area contributed by atoms with E-state index >= 15 is 0 Å². The van der Waals surface area contributed by atoms with Gasteiger partial charge in [-0.3, -0.25) is 14.5 Å². The summed E-state index contributed by atoms with van der Waals surface area (Å²) < 4.78 is 7.67. The molecule has 148 valence electrons. The standard InChI is InChI=1S/C24H15Br2NO3/c1-13-2-4-14(5-3-13)21-20-22(28)18-12-16(26)8-11-19(18)30-23(20)24(29)27(21)17-9-6-15(25)7-10-17/h2-12,21H,1H3. The third-order valence-electron chi connectivity index (χ3n) is 5.33. The fraction of sp³-hybridized carbons (Fsp3) is 0.0833. The van der Waals surface area contributed by atoms with Crippen LogP contribution < -0.4 is 10.3 Å². The first-order valence-electron chi connectivity index (χ1n) is 9.36. The van der Waals surface area contributed by atoms with Crippen LogP contribution in [0.2, 0.25) is 0 Å². The highest BCUT2D eigenvalue weighted by molar-refractivity contribution is 9.10. The molecule has 5 rings (SSSR count). The van der Waals surface area contributed by atoms with Crippen LogP contribution in [-0.2, 0) is 0 Å². The van der Waals surface area contributed by atoms with Crippen LogP contribution in [0.15, 0.2) is 84.9 Å². The molecule has 2 heterocycles. The summed E-state index contributed by atoms with van der Waals surface area (Å²) in [4.78, 5) is 28.6. The van der Waals surface area contributed by atoms with Crippen LogP contribution in [0.25, 0.3) is 11.0 Å². The Morgan fingerprint density at radius 1 is 0.867 bits per heavy atom. The topological polar surface area (TPSA) is 50.5 Å². The molecule has 0 fully saturated rings. The number of fused-ring (bicyclic) bond motifs is 2. The molecule has 4 aromatic rings. The molecule has 1 aromatic heterocycles. The van der Waals surface area contributed by atoms with Crippen LogP contribution in [0.4, 0.5) is 5.69 Å². The maximum Gasteiger partial charge on any atom is 0.295 e. The minimum Gasteiger partial charge on any atom is -0.450 e. The predicted molar refractivity (Wildman–Crippen MR) is 124 cm³/mol. The Morgan fingerprint density at radius 3 is 2.23 bits per heavy atom. The minimum atomic E-state index is -0.561. The van der Waals surface area contributed by atoms with Gasteiger partial charge in [0.25, 0.3) is 5.91 Å². The van der Waals surface area contributed by atoms with Crippen LogP contribution in [0.1, 0.15) is 33.3 Å². The molecule has 1 atom stereocenters. The van der Waals surface area contributed by atoms with Crippen molar-refractivity contribution in [2.45, 2.75) is 13.0 Å². The lowest BCUT2D eigenvalue weighted by molar-refractivity contribution is 0.0971. The lowest BCUT2D eigenvalue weighted by Gasteiger charge is -2.25. The van der Waals surface area contributed by atoms with Gasteiger partial charge in [0.2, 0.25) is 5.76 Å². The SMILES string of the molecule is Cc1ccc(C2c3c(oc4ccc(Br)cc4c3=O)C(=O)N2c2ccc(Br)cc2)cc1. The largest absolute Gasteiger partial charge is 0.450 e. The lowest BCUT2D eigenvalue weighted by atomic mass is 9.97. The number of aryl methyl sites for hydroxylation is 1. The number of hydrogen-bond acceptors (Lipinski definition) is 3. The summed E-state index contributed by atoms with van der Waals surface area (Å²) in [5.74, 6) is -0.219. The zero-order valence-corrected chi connectivity index (χ0v) is 19.0. The molecule has 0 bridgehead atoms. The molecule has 30 heavy (non-hydrogen) atoms. The van der Waals surface area contributed by atoms with Crippen molar-refractivity contribution in [3.63, 3.8) is 0 Å². The summed E-state index contributed by atoms with van der Waals surface area (Å²) >= 11 is 6.86. The number of carbonyl (C=O) groups excluding carboxylic acids is 1. The van der Waals surface area contributed by atoms with Gasteiger partial charge in [0.15, 0.2) is 5.43 Å². The zero-order chi connectivity index (χ0) is 21.0. The highest BCUT2D eigenvalue weighted by atomic mass is 79.9. The number of carbonyl (C=O) groups is 1. The molecule has 1 amide bonds. The third-order valence-corrected chi connectivity index (χ3v) is 6.35.